The Labute approximate surface area is 355 Å². The molecule has 8 heteroatoms. The smallest absolute Gasteiger partial charge is 0.253 e. The van der Waals surface area contributed by atoms with Gasteiger partial charge in [0.05, 0.1) is 5.41 Å². The summed E-state index contributed by atoms with van der Waals surface area (Å²) in [4.78, 5) is 39.7. The maximum absolute atomic E-state index is 12.6. The van der Waals surface area contributed by atoms with Gasteiger partial charge in [-0.05, 0) is 102 Å². The summed E-state index contributed by atoms with van der Waals surface area (Å²) >= 11 is 0. The lowest BCUT2D eigenvalue weighted by molar-refractivity contribution is -0.438. The molecule has 0 atom stereocenters. The van der Waals surface area contributed by atoms with E-state index in [0.29, 0.717) is 6.42 Å². The Balaban J connectivity index is 0.00000528. The molecule has 4 aliphatic rings. The molecule has 0 unspecified atom stereocenters. The summed E-state index contributed by atoms with van der Waals surface area (Å²) in [5.41, 5.74) is 10.4. The van der Waals surface area contributed by atoms with E-state index in [-0.39, 0.29) is 54.0 Å². The molecule has 59 heavy (non-hydrogen) atoms. The first-order chi connectivity index (χ1) is 27.9. The molecule has 7 nitrogen and oxygen atoms in total. The van der Waals surface area contributed by atoms with Gasteiger partial charge < -0.3 is 22.6 Å². The summed E-state index contributed by atoms with van der Waals surface area (Å²) in [6.45, 7) is 10.7. The quantitative estimate of drug-likeness (QED) is 0.0964. The zero-order valence-electron chi connectivity index (χ0n) is 35.0. The molecule has 8 rings (SSSR count). The second-order valence-corrected chi connectivity index (χ2v) is 17.2. The number of anilines is 1. The summed E-state index contributed by atoms with van der Waals surface area (Å²) in [6, 6.07) is 26.5. The van der Waals surface area contributed by atoms with Gasteiger partial charge in [0.1, 0.15) is 6.54 Å². The molecule has 0 bridgehead atoms. The van der Waals surface area contributed by atoms with Gasteiger partial charge in [-0.2, -0.15) is 4.58 Å². The van der Waals surface area contributed by atoms with Gasteiger partial charge in [0, 0.05) is 79.6 Å². The number of imide groups is 1. The number of nitrogens with zero attached hydrogens (tertiary/aromatic N) is 3. The first-order valence-corrected chi connectivity index (χ1v) is 21.0. The Morgan fingerprint density at radius 1 is 0.780 bits per heavy atom. The number of unbranched alkanes of at least 4 members (excludes halogenated alkanes) is 2. The van der Waals surface area contributed by atoms with Crippen LogP contribution < -0.4 is 22.6 Å². The van der Waals surface area contributed by atoms with Crippen molar-refractivity contribution in [2.45, 2.75) is 83.5 Å². The number of nitrogens with one attached hydrogen (secondary N) is 1. The highest BCUT2D eigenvalue weighted by molar-refractivity contribution is 6.13. The van der Waals surface area contributed by atoms with Gasteiger partial charge in [0.15, 0.2) is 5.71 Å². The molecule has 0 fully saturated rings. The van der Waals surface area contributed by atoms with Crippen molar-refractivity contribution in [1.82, 2.24) is 10.2 Å². The van der Waals surface area contributed by atoms with Crippen LogP contribution in [-0.4, -0.2) is 59.6 Å². The number of hydrogen-bond donors (Lipinski definition) is 1. The fraction of sp³-hybridized carbons (Fsp3) is 0.333. The van der Waals surface area contributed by atoms with E-state index in [9.17, 15) is 14.4 Å². The van der Waals surface area contributed by atoms with E-state index in [1.807, 2.05) is 0 Å². The number of carbonyl (C=O) groups excluding carboxylic acids is 3. The van der Waals surface area contributed by atoms with Crippen LogP contribution in [-0.2, 0) is 25.2 Å². The Bertz CT molecular complexity index is 2520. The van der Waals surface area contributed by atoms with Crippen LogP contribution in [0, 0.1) is 0 Å². The predicted octanol–water partition coefficient (Wildman–Crippen LogP) is 6.88. The fourth-order valence-electron chi connectivity index (χ4n) is 9.76. The van der Waals surface area contributed by atoms with Crippen LogP contribution in [0.4, 0.5) is 11.4 Å². The van der Waals surface area contributed by atoms with Crippen molar-refractivity contribution < 1.29 is 31.4 Å². The standard InChI is InChI=1S/C51H54N4O3.ClH/c1-50(2)43(53(5)41-25-23-37-16-8-10-18-39(37)48(41)50)27-21-35-14-13-15-36(34-35)22-28-44-51(3,4)49-40-19-11-9-17-38(40)24-26-42(49)54(44)32-12-6-7-20-45(56)52-31-33-55-46(57)29-30-47(55)58;/h8-11,16-19,21-30,34H,6-7,12-15,20,31-33H2,1-5H3;1H. The van der Waals surface area contributed by atoms with Crippen molar-refractivity contribution in [2.75, 3.05) is 31.6 Å². The summed E-state index contributed by atoms with van der Waals surface area (Å²) < 4.78 is 2.51. The second kappa shape index (κ2) is 17.0. The molecule has 3 aliphatic heterocycles. The van der Waals surface area contributed by atoms with Crippen molar-refractivity contribution in [2.24, 2.45) is 0 Å². The summed E-state index contributed by atoms with van der Waals surface area (Å²) in [5.74, 6) is -0.704. The molecule has 1 aliphatic carbocycles. The first kappa shape index (κ1) is 41.6. The number of likely N-dealkylation sites (N-methyl/N-ethyl adjacent to an activating group) is 1. The lowest BCUT2D eigenvalue weighted by atomic mass is 9.79. The normalized spacial score (nSPS) is 19.4. The Hall–Kier alpha value is -5.53. The minimum atomic E-state index is -0.326. The molecule has 0 saturated carbocycles. The molecular weight excluding hydrogens is 752 g/mol. The van der Waals surface area contributed by atoms with Crippen LogP contribution in [0.2, 0.25) is 0 Å². The summed E-state index contributed by atoms with van der Waals surface area (Å²) in [6.07, 6.45) is 20.7. The highest BCUT2D eigenvalue weighted by atomic mass is 35.5. The van der Waals surface area contributed by atoms with Gasteiger partial charge in [-0.25, -0.2) is 0 Å². The van der Waals surface area contributed by atoms with E-state index in [1.54, 1.807) is 0 Å². The van der Waals surface area contributed by atoms with Crippen LogP contribution in [0.25, 0.3) is 21.5 Å². The third-order valence-electron chi connectivity index (χ3n) is 12.7. The van der Waals surface area contributed by atoms with Crippen LogP contribution in [0.15, 0.2) is 132 Å². The third-order valence-corrected chi connectivity index (χ3v) is 12.7. The Morgan fingerprint density at radius 2 is 1.46 bits per heavy atom. The molecule has 0 saturated heterocycles. The minimum absolute atomic E-state index is 0. The number of benzene rings is 4. The van der Waals surface area contributed by atoms with Crippen LogP contribution >= 0.6 is 0 Å². The number of fused-ring (bicyclic) bond motifs is 6. The maximum atomic E-state index is 12.6. The summed E-state index contributed by atoms with van der Waals surface area (Å²) in [5, 5.41) is 8.04. The Kier molecular flexibility index (Phi) is 12.0. The number of allylic oxidation sites excluding steroid dienone is 8. The van der Waals surface area contributed by atoms with Gasteiger partial charge in [-0.3, -0.25) is 19.3 Å². The topological polar surface area (TPSA) is 72.7 Å². The molecule has 1 N–H and O–H groups in total. The fourth-order valence-corrected chi connectivity index (χ4v) is 9.76. The minimum Gasteiger partial charge on any atom is -1.00 e. The number of amides is 3. The molecular formula is C51H55ClN4O3. The lowest BCUT2D eigenvalue weighted by Gasteiger charge is -2.24. The summed E-state index contributed by atoms with van der Waals surface area (Å²) in [7, 11) is 2.20. The average Bonchev–Trinajstić information content (AvgIpc) is 3.73. The van der Waals surface area contributed by atoms with Crippen molar-refractivity contribution >= 4 is 56.4 Å². The van der Waals surface area contributed by atoms with Crippen LogP contribution in [0.3, 0.4) is 0 Å². The monoisotopic (exact) mass is 806 g/mol. The largest absolute Gasteiger partial charge is 1.00 e. The molecule has 304 valence electrons. The van der Waals surface area contributed by atoms with E-state index >= 15 is 0 Å². The highest BCUT2D eigenvalue weighted by Crippen LogP contribution is 2.50. The SMILES string of the molecule is CN1/C(=C/C=C2C=C(/C=C/C3=[N+](CCCCCC(=O)NCCN4C(=O)C=CC4=O)c4ccc5ccccc5c4C3(C)C)CCC/2)C(C)(C)c2c1ccc1ccccc21.[Cl-]. The molecule has 3 heterocycles. The van der Waals surface area contributed by atoms with E-state index in [2.05, 4.69) is 153 Å². The van der Waals surface area contributed by atoms with Gasteiger partial charge in [0.25, 0.3) is 11.8 Å². The van der Waals surface area contributed by atoms with Crippen molar-refractivity contribution in [3.63, 3.8) is 0 Å². The van der Waals surface area contributed by atoms with Crippen LogP contribution in [0.5, 0.6) is 0 Å². The van der Waals surface area contributed by atoms with E-state index in [0.717, 1.165) is 50.0 Å². The number of hydrogen-bond acceptors (Lipinski definition) is 4. The van der Waals surface area contributed by atoms with Crippen molar-refractivity contribution in [3.05, 3.63) is 143 Å². The van der Waals surface area contributed by atoms with Gasteiger partial charge in [-0.1, -0.05) is 86.7 Å². The van der Waals surface area contributed by atoms with Gasteiger partial charge in [0.2, 0.25) is 11.6 Å². The molecule has 0 aromatic heterocycles. The third kappa shape index (κ3) is 7.97. The number of carbonyl (C=O) groups is 3. The van der Waals surface area contributed by atoms with Crippen LogP contribution in [0.1, 0.15) is 83.8 Å². The Morgan fingerprint density at radius 3 is 2.19 bits per heavy atom. The van der Waals surface area contributed by atoms with Gasteiger partial charge in [-0.15, -0.1) is 0 Å². The van der Waals surface area contributed by atoms with E-state index < -0.39 is 0 Å². The highest BCUT2D eigenvalue weighted by Gasteiger charge is 2.45. The second-order valence-electron chi connectivity index (χ2n) is 17.2. The zero-order chi connectivity index (χ0) is 40.6. The molecule has 0 spiro atoms. The molecule has 0 radical (unpaired) electrons. The predicted molar refractivity (Wildman–Crippen MR) is 237 cm³/mol. The maximum Gasteiger partial charge on any atom is 0.253 e. The first-order valence-electron chi connectivity index (χ1n) is 21.0. The average molecular weight is 807 g/mol. The number of halogens is 1. The van der Waals surface area contributed by atoms with Crippen molar-refractivity contribution in [3.8, 4) is 0 Å². The van der Waals surface area contributed by atoms with E-state index in [1.165, 1.54) is 78.8 Å². The number of rotatable bonds is 12. The molecule has 3 amide bonds. The van der Waals surface area contributed by atoms with Gasteiger partial charge >= 0.3 is 0 Å². The van der Waals surface area contributed by atoms with E-state index in [4.69, 9.17) is 0 Å². The molecule has 4 aromatic rings. The molecule has 4 aromatic carbocycles. The lowest BCUT2D eigenvalue weighted by Crippen LogP contribution is -3.00. The zero-order valence-corrected chi connectivity index (χ0v) is 35.7. The van der Waals surface area contributed by atoms with Crippen molar-refractivity contribution in [1.29, 1.82) is 0 Å².